The van der Waals surface area contributed by atoms with Crippen LogP contribution in [-0.2, 0) is 4.79 Å². The standard InChI is InChI=1S/C27H24ClN5OS/c1-19-8-14-24(15-9-19)33-26(22-10-12-23(28)13-11-22)31-32-27(33)35-18-25(34)30-29-17-20(2)16-21-6-4-3-5-7-21/h3-17H,18H2,1-2H3,(H,30,34)/b20-16-,29-17-. The van der Waals surface area contributed by atoms with Crippen LogP contribution >= 0.6 is 23.4 Å². The van der Waals surface area contributed by atoms with Crippen molar-refractivity contribution in [2.24, 2.45) is 5.10 Å². The smallest absolute Gasteiger partial charge is 0.250 e. The van der Waals surface area contributed by atoms with E-state index in [-0.39, 0.29) is 11.7 Å². The highest BCUT2D eigenvalue weighted by Crippen LogP contribution is 2.28. The summed E-state index contributed by atoms with van der Waals surface area (Å²) < 4.78 is 1.94. The summed E-state index contributed by atoms with van der Waals surface area (Å²) in [5.74, 6) is 0.585. The second-order valence-corrected chi connectivity index (χ2v) is 9.24. The van der Waals surface area contributed by atoms with Crippen LogP contribution in [0.5, 0.6) is 0 Å². The number of allylic oxidation sites excluding steroid dienone is 1. The van der Waals surface area contributed by atoms with Crippen LogP contribution < -0.4 is 5.43 Å². The summed E-state index contributed by atoms with van der Waals surface area (Å²) >= 11 is 7.36. The van der Waals surface area contributed by atoms with E-state index in [0.29, 0.717) is 16.0 Å². The third-order valence-electron chi connectivity index (χ3n) is 5.01. The van der Waals surface area contributed by atoms with Crippen molar-refractivity contribution in [3.05, 3.63) is 101 Å². The summed E-state index contributed by atoms with van der Waals surface area (Å²) in [6.07, 6.45) is 3.62. The van der Waals surface area contributed by atoms with Gasteiger partial charge in [0.05, 0.1) is 12.0 Å². The van der Waals surface area contributed by atoms with Gasteiger partial charge >= 0.3 is 0 Å². The molecular formula is C27H24ClN5OS. The molecule has 0 fully saturated rings. The summed E-state index contributed by atoms with van der Waals surface area (Å²) in [6.45, 7) is 3.97. The van der Waals surface area contributed by atoms with Crippen LogP contribution in [0, 0.1) is 6.92 Å². The molecule has 0 aliphatic heterocycles. The molecule has 4 rings (SSSR count). The molecule has 35 heavy (non-hydrogen) atoms. The predicted molar refractivity (Wildman–Crippen MR) is 144 cm³/mol. The second-order valence-electron chi connectivity index (χ2n) is 7.86. The molecule has 0 saturated heterocycles. The summed E-state index contributed by atoms with van der Waals surface area (Å²) in [4.78, 5) is 12.4. The van der Waals surface area contributed by atoms with Gasteiger partial charge in [-0.15, -0.1) is 10.2 Å². The highest BCUT2D eigenvalue weighted by molar-refractivity contribution is 7.99. The minimum Gasteiger partial charge on any atom is -0.272 e. The predicted octanol–water partition coefficient (Wildman–Crippen LogP) is 6.19. The number of aromatic nitrogens is 3. The SMILES string of the molecule is CC(/C=N\NC(=O)CSc1nnc(-c2ccc(Cl)cc2)n1-c1ccc(C)cc1)=C/c1ccccc1. The first-order valence-electron chi connectivity index (χ1n) is 11.0. The van der Waals surface area contributed by atoms with Crippen molar-refractivity contribution in [3.63, 3.8) is 0 Å². The molecule has 0 spiro atoms. The number of amides is 1. The number of hydrazone groups is 1. The van der Waals surface area contributed by atoms with Crippen molar-refractivity contribution in [1.29, 1.82) is 0 Å². The van der Waals surface area contributed by atoms with Gasteiger partial charge in [-0.25, -0.2) is 5.43 Å². The summed E-state index contributed by atoms with van der Waals surface area (Å²) in [5.41, 5.74) is 7.52. The van der Waals surface area contributed by atoms with Crippen LogP contribution in [-0.4, -0.2) is 32.6 Å². The Labute approximate surface area is 213 Å². The number of carbonyl (C=O) groups is 1. The average molecular weight is 502 g/mol. The molecule has 3 aromatic carbocycles. The van der Waals surface area contributed by atoms with Crippen molar-refractivity contribution in [2.75, 3.05) is 5.75 Å². The molecule has 176 valence electrons. The van der Waals surface area contributed by atoms with E-state index < -0.39 is 0 Å². The highest BCUT2D eigenvalue weighted by atomic mass is 35.5. The van der Waals surface area contributed by atoms with E-state index in [2.05, 4.69) is 20.7 Å². The van der Waals surface area contributed by atoms with Gasteiger partial charge in [0, 0.05) is 16.3 Å². The van der Waals surface area contributed by atoms with E-state index in [9.17, 15) is 4.79 Å². The number of benzene rings is 3. The highest BCUT2D eigenvalue weighted by Gasteiger charge is 2.17. The van der Waals surface area contributed by atoms with Gasteiger partial charge in [0.25, 0.3) is 5.91 Å². The number of hydrogen-bond donors (Lipinski definition) is 1. The van der Waals surface area contributed by atoms with E-state index in [1.165, 1.54) is 11.8 Å². The molecule has 0 saturated carbocycles. The van der Waals surface area contributed by atoms with Crippen molar-refractivity contribution in [2.45, 2.75) is 19.0 Å². The van der Waals surface area contributed by atoms with E-state index in [4.69, 9.17) is 11.6 Å². The third kappa shape index (κ3) is 6.68. The molecule has 0 aliphatic rings. The Bertz CT molecular complexity index is 1350. The first-order valence-corrected chi connectivity index (χ1v) is 12.3. The van der Waals surface area contributed by atoms with Gasteiger partial charge in [-0.1, -0.05) is 77.5 Å². The Kier molecular flexibility index (Phi) is 8.13. The molecule has 1 N–H and O–H groups in total. The Morgan fingerprint density at radius 2 is 1.74 bits per heavy atom. The maximum Gasteiger partial charge on any atom is 0.250 e. The molecule has 0 atom stereocenters. The van der Waals surface area contributed by atoms with Crippen LogP contribution in [0.4, 0.5) is 0 Å². The fraction of sp³-hybridized carbons (Fsp3) is 0.111. The lowest BCUT2D eigenvalue weighted by atomic mass is 10.1. The largest absolute Gasteiger partial charge is 0.272 e. The minimum atomic E-state index is -0.231. The van der Waals surface area contributed by atoms with E-state index >= 15 is 0 Å². The van der Waals surface area contributed by atoms with Crippen LogP contribution in [0.3, 0.4) is 0 Å². The van der Waals surface area contributed by atoms with Crippen molar-refractivity contribution < 1.29 is 4.79 Å². The lowest BCUT2D eigenvalue weighted by molar-refractivity contribution is -0.118. The number of carbonyl (C=O) groups excluding carboxylic acids is 1. The van der Waals surface area contributed by atoms with Gasteiger partial charge in [0.1, 0.15) is 0 Å². The maximum atomic E-state index is 12.4. The van der Waals surface area contributed by atoms with E-state index in [1.54, 1.807) is 6.21 Å². The number of aryl methyl sites for hydroxylation is 1. The van der Waals surface area contributed by atoms with Crippen molar-refractivity contribution >= 4 is 41.6 Å². The molecule has 1 amide bonds. The molecule has 8 heteroatoms. The van der Waals surface area contributed by atoms with Crippen molar-refractivity contribution in [1.82, 2.24) is 20.2 Å². The van der Waals surface area contributed by atoms with Gasteiger partial charge in [-0.2, -0.15) is 5.10 Å². The number of nitrogens with one attached hydrogen (secondary N) is 1. The Hall–Kier alpha value is -3.68. The number of hydrogen-bond acceptors (Lipinski definition) is 5. The normalized spacial score (nSPS) is 11.7. The molecule has 0 aliphatic carbocycles. The molecular weight excluding hydrogens is 478 g/mol. The monoisotopic (exact) mass is 501 g/mol. The van der Waals surface area contributed by atoms with Gasteiger partial charge in [-0.05, 0) is 61.4 Å². The lowest BCUT2D eigenvalue weighted by Crippen LogP contribution is -2.20. The molecule has 4 aromatic rings. The fourth-order valence-electron chi connectivity index (χ4n) is 3.29. The number of nitrogens with zero attached hydrogens (tertiary/aromatic N) is 4. The zero-order valence-electron chi connectivity index (χ0n) is 19.4. The molecule has 0 radical (unpaired) electrons. The van der Waals surface area contributed by atoms with Crippen LogP contribution in [0.2, 0.25) is 5.02 Å². The minimum absolute atomic E-state index is 0.142. The lowest BCUT2D eigenvalue weighted by Gasteiger charge is -2.10. The summed E-state index contributed by atoms with van der Waals surface area (Å²) in [5, 5.41) is 14.1. The zero-order valence-corrected chi connectivity index (χ0v) is 20.9. The third-order valence-corrected chi connectivity index (χ3v) is 6.19. The molecule has 1 heterocycles. The Morgan fingerprint density at radius 1 is 1.03 bits per heavy atom. The molecule has 1 aromatic heterocycles. The molecule has 0 unspecified atom stereocenters. The average Bonchev–Trinajstić information content (AvgIpc) is 3.28. The molecule has 0 bridgehead atoms. The first kappa shape index (κ1) is 24.4. The summed E-state index contributed by atoms with van der Waals surface area (Å²) in [7, 11) is 0. The zero-order chi connectivity index (χ0) is 24.6. The van der Waals surface area contributed by atoms with Gasteiger partial charge in [0.15, 0.2) is 11.0 Å². The number of thioether (sulfide) groups is 1. The Morgan fingerprint density at radius 3 is 2.46 bits per heavy atom. The van der Waals surface area contributed by atoms with Crippen LogP contribution in [0.15, 0.2) is 94.7 Å². The molecule has 6 nitrogen and oxygen atoms in total. The Balaban J connectivity index is 1.47. The maximum absolute atomic E-state index is 12.4. The summed E-state index contributed by atoms with van der Waals surface area (Å²) in [6, 6.07) is 25.4. The van der Waals surface area contributed by atoms with Crippen LogP contribution in [0.1, 0.15) is 18.1 Å². The number of rotatable bonds is 8. The quantitative estimate of drug-likeness (QED) is 0.177. The van der Waals surface area contributed by atoms with E-state index in [1.807, 2.05) is 103 Å². The van der Waals surface area contributed by atoms with Gasteiger partial charge < -0.3 is 0 Å². The topological polar surface area (TPSA) is 72.2 Å². The number of halogens is 1. The first-order chi connectivity index (χ1) is 17.0. The van der Waals surface area contributed by atoms with E-state index in [0.717, 1.165) is 28.0 Å². The van der Waals surface area contributed by atoms with Gasteiger partial charge in [-0.3, -0.25) is 9.36 Å². The second kappa shape index (κ2) is 11.6. The van der Waals surface area contributed by atoms with Gasteiger partial charge in [0.2, 0.25) is 0 Å². The fourth-order valence-corrected chi connectivity index (χ4v) is 4.16. The van der Waals surface area contributed by atoms with Crippen LogP contribution in [0.25, 0.3) is 23.2 Å². The van der Waals surface area contributed by atoms with Crippen molar-refractivity contribution in [3.8, 4) is 17.1 Å².